The number of likely N-dealkylation sites (N-methyl/N-ethyl adjacent to an activating group) is 1. The maximum Gasteiger partial charge on any atom is 0.108 e. The SMILES string of the molecule is C=C(O)/C=C\C(=C)C1C(NC)C1OC. The Morgan fingerprint density at radius 2 is 2.07 bits per heavy atom. The van der Waals surface area contributed by atoms with Crippen LogP contribution in [0, 0.1) is 5.92 Å². The lowest BCUT2D eigenvalue weighted by Gasteiger charge is -1.96. The monoisotopic (exact) mass is 195 g/mol. The predicted octanol–water partition coefficient (Wildman–Crippen LogP) is 1.40. The third kappa shape index (κ3) is 2.25. The molecule has 3 atom stereocenters. The van der Waals surface area contributed by atoms with E-state index in [0.29, 0.717) is 12.0 Å². The number of methoxy groups -OCH3 is 1. The molecule has 0 spiro atoms. The lowest BCUT2D eigenvalue weighted by atomic mass is 10.1. The predicted molar refractivity (Wildman–Crippen MR) is 57.2 cm³/mol. The Kier molecular flexibility index (Phi) is 3.49. The fraction of sp³-hybridized carbons (Fsp3) is 0.455. The summed E-state index contributed by atoms with van der Waals surface area (Å²) in [5.41, 5.74) is 0.950. The summed E-state index contributed by atoms with van der Waals surface area (Å²) >= 11 is 0. The summed E-state index contributed by atoms with van der Waals surface area (Å²) in [4.78, 5) is 0. The molecule has 1 fully saturated rings. The molecule has 1 saturated carbocycles. The van der Waals surface area contributed by atoms with Crippen LogP contribution in [0.1, 0.15) is 0 Å². The van der Waals surface area contributed by atoms with E-state index in [4.69, 9.17) is 9.84 Å². The standard InChI is InChI=1S/C11H17NO2/c1-7(5-6-8(2)13)9-10(12-3)11(9)14-4/h5-6,9-13H,1-2H2,3-4H3/b6-5-. The van der Waals surface area contributed by atoms with Crippen molar-refractivity contribution in [3.8, 4) is 0 Å². The van der Waals surface area contributed by atoms with E-state index in [0.717, 1.165) is 5.57 Å². The molecule has 0 amide bonds. The second-order valence-electron chi connectivity index (χ2n) is 3.44. The molecular formula is C11H17NO2. The maximum absolute atomic E-state index is 8.88. The van der Waals surface area contributed by atoms with E-state index in [1.165, 1.54) is 0 Å². The molecule has 0 saturated heterocycles. The van der Waals surface area contributed by atoms with E-state index in [-0.39, 0.29) is 11.9 Å². The lowest BCUT2D eigenvalue weighted by molar-refractivity contribution is 0.168. The van der Waals surface area contributed by atoms with Crippen molar-refractivity contribution in [2.24, 2.45) is 5.92 Å². The van der Waals surface area contributed by atoms with Crippen molar-refractivity contribution in [2.75, 3.05) is 14.2 Å². The molecule has 0 bridgehead atoms. The van der Waals surface area contributed by atoms with Crippen LogP contribution in [0.15, 0.2) is 36.6 Å². The van der Waals surface area contributed by atoms with Crippen LogP contribution in [-0.2, 0) is 4.74 Å². The molecule has 0 aromatic carbocycles. The van der Waals surface area contributed by atoms with E-state index >= 15 is 0 Å². The fourth-order valence-electron chi connectivity index (χ4n) is 1.68. The van der Waals surface area contributed by atoms with Gasteiger partial charge in [0, 0.05) is 19.1 Å². The Morgan fingerprint density at radius 3 is 2.43 bits per heavy atom. The topological polar surface area (TPSA) is 41.5 Å². The number of aliphatic hydroxyl groups excluding tert-OH is 1. The zero-order valence-electron chi connectivity index (χ0n) is 8.66. The highest BCUT2D eigenvalue weighted by Gasteiger charge is 2.50. The van der Waals surface area contributed by atoms with Gasteiger partial charge in [0.25, 0.3) is 0 Å². The third-order valence-electron chi connectivity index (χ3n) is 2.48. The molecule has 2 N–H and O–H groups in total. The Morgan fingerprint density at radius 1 is 1.43 bits per heavy atom. The van der Waals surface area contributed by atoms with Crippen LogP contribution < -0.4 is 5.32 Å². The molecule has 78 valence electrons. The fourth-order valence-corrected chi connectivity index (χ4v) is 1.68. The highest BCUT2D eigenvalue weighted by atomic mass is 16.5. The molecule has 0 aromatic heterocycles. The first-order valence-electron chi connectivity index (χ1n) is 4.56. The Bertz CT molecular complexity index is 260. The van der Waals surface area contributed by atoms with Gasteiger partial charge in [0.1, 0.15) is 5.76 Å². The molecule has 0 radical (unpaired) electrons. The average molecular weight is 195 g/mol. The third-order valence-corrected chi connectivity index (χ3v) is 2.48. The first kappa shape index (κ1) is 11.0. The first-order chi connectivity index (χ1) is 6.61. The van der Waals surface area contributed by atoms with Crippen molar-refractivity contribution in [1.29, 1.82) is 0 Å². The number of ether oxygens (including phenoxy) is 1. The van der Waals surface area contributed by atoms with Gasteiger partial charge in [-0.1, -0.05) is 19.2 Å². The molecule has 0 aliphatic heterocycles. The van der Waals surface area contributed by atoms with Crippen molar-refractivity contribution in [2.45, 2.75) is 12.1 Å². The number of rotatable bonds is 5. The van der Waals surface area contributed by atoms with Gasteiger partial charge in [-0.2, -0.15) is 0 Å². The van der Waals surface area contributed by atoms with Crippen LogP contribution in [-0.4, -0.2) is 31.4 Å². The van der Waals surface area contributed by atoms with Gasteiger partial charge < -0.3 is 15.2 Å². The number of hydrogen-bond acceptors (Lipinski definition) is 3. The summed E-state index contributed by atoms with van der Waals surface area (Å²) in [7, 11) is 3.59. The Labute approximate surface area is 84.8 Å². The molecule has 0 heterocycles. The van der Waals surface area contributed by atoms with Gasteiger partial charge in [0.05, 0.1) is 6.10 Å². The minimum Gasteiger partial charge on any atom is -0.509 e. The Hall–Kier alpha value is -1.06. The van der Waals surface area contributed by atoms with E-state index in [1.54, 1.807) is 19.3 Å². The van der Waals surface area contributed by atoms with Crippen LogP contribution in [0.4, 0.5) is 0 Å². The molecule has 3 heteroatoms. The summed E-state index contributed by atoms with van der Waals surface area (Å²) in [6, 6.07) is 0.337. The number of nitrogens with one attached hydrogen (secondary N) is 1. The van der Waals surface area contributed by atoms with Crippen LogP contribution in [0.3, 0.4) is 0 Å². The minimum absolute atomic E-state index is 0.0433. The quantitative estimate of drug-likeness (QED) is 0.514. The largest absolute Gasteiger partial charge is 0.509 e. The highest BCUT2D eigenvalue weighted by molar-refractivity contribution is 5.32. The van der Waals surface area contributed by atoms with E-state index < -0.39 is 0 Å². The van der Waals surface area contributed by atoms with Crippen molar-refractivity contribution in [3.05, 3.63) is 36.6 Å². The second kappa shape index (κ2) is 4.44. The number of hydrogen-bond donors (Lipinski definition) is 2. The second-order valence-corrected chi connectivity index (χ2v) is 3.44. The Balaban J connectivity index is 2.51. The van der Waals surface area contributed by atoms with Gasteiger partial charge in [0.15, 0.2) is 0 Å². The molecule has 0 aromatic rings. The smallest absolute Gasteiger partial charge is 0.108 e. The molecule has 3 unspecified atom stereocenters. The molecule has 3 nitrogen and oxygen atoms in total. The van der Waals surface area contributed by atoms with Crippen molar-refractivity contribution in [1.82, 2.24) is 5.32 Å². The molecule has 14 heavy (non-hydrogen) atoms. The van der Waals surface area contributed by atoms with Crippen molar-refractivity contribution in [3.63, 3.8) is 0 Å². The van der Waals surface area contributed by atoms with Crippen molar-refractivity contribution < 1.29 is 9.84 Å². The molecule has 1 aliphatic carbocycles. The van der Waals surface area contributed by atoms with Crippen molar-refractivity contribution >= 4 is 0 Å². The normalized spacial score (nSPS) is 30.6. The first-order valence-corrected chi connectivity index (χ1v) is 4.56. The summed E-state index contributed by atoms with van der Waals surface area (Å²) < 4.78 is 5.26. The van der Waals surface area contributed by atoms with Gasteiger partial charge in [-0.05, 0) is 18.7 Å². The van der Waals surface area contributed by atoms with Gasteiger partial charge >= 0.3 is 0 Å². The molecular weight excluding hydrogens is 178 g/mol. The summed E-state index contributed by atoms with van der Waals surface area (Å²) in [6.07, 6.45) is 3.51. The van der Waals surface area contributed by atoms with Crippen LogP contribution in [0.25, 0.3) is 0 Å². The number of aliphatic hydroxyl groups is 1. The van der Waals surface area contributed by atoms with Gasteiger partial charge in [0.2, 0.25) is 0 Å². The minimum atomic E-state index is 0.0433. The zero-order chi connectivity index (χ0) is 10.7. The maximum atomic E-state index is 8.88. The van der Waals surface area contributed by atoms with Gasteiger partial charge in [-0.15, -0.1) is 0 Å². The lowest BCUT2D eigenvalue weighted by Crippen LogP contribution is -2.14. The summed E-state index contributed by atoms with van der Waals surface area (Å²) in [5.74, 6) is 0.349. The van der Waals surface area contributed by atoms with Crippen LogP contribution >= 0.6 is 0 Å². The van der Waals surface area contributed by atoms with E-state index in [2.05, 4.69) is 18.5 Å². The zero-order valence-corrected chi connectivity index (χ0v) is 8.66. The van der Waals surface area contributed by atoms with Crippen LogP contribution in [0.2, 0.25) is 0 Å². The average Bonchev–Trinajstić information content (AvgIpc) is 2.87. The highest BCUT2D eigenvalue weighted by Crippen LogP contribution is 2.39. The van der Waals surface area contributed by atoms with Crippen LogP contribution in [0.5, 0.6) is 0 Å². The van der Waals surface area contributed by atoms with Gasteiger partial charge in [-0.25, -0.2) is 0 Å². The number of allylic oxidation sites excluding steroid dienone is 2. The van der Waals surface area contributed by atoms with Gasteiger partial charge in [-0.3, -0.25) is 0 Å². The summed E-state index contributed by atoms with van der Waals surface area (Å²) in [6.45, 7) is 7.29. The summed E-state index contributed by atoms with van der Waals surface area (Å²) in [5, 5.41) is 12.0. The molecule has 1 aliphatic rings. The van der Waals surface area contributed by atoms with E-state index in [9.17, 15) is 0 Å². The van der Waals surface area contributed by atoms with E-state index in [1.807, 2.05) is 7.05 Å². The molecule has 1 rings (SSSR count).